The lowest BCUT2D eigenvalue weighted by Crippen LogP contribution is -1.92. The van der Waals surface area contributed by atoms with Gasteiger partial charge in [-0.2, -0.15) is 0 Å². The molecule has 1 N–H and O–H groups in total. The molecule has 1 aromatic heterocycles. The van der Waals surface area contributed by atoms with Crippen molar-refractivity contribution >= 4 is 28.3 Å². The van der Waals surface area contributed by atoms with Crippen LogP contribution in [-0.2, 0) is 9.90 Å². The summed E-state index contributed by atoms with van der Waals surface area (Å²) in [6.07, 6.45) is 3.59. The molecule has 6 nitrogen and oxygen atoms in total. The number of carbonyl (C=O) groups is 1. The average molecular weight is 422 g/mol. The van der Waals surface area contributed by atoms with Crippen LogP contribution in [0.1, 0.15) is 13.3 Å². The van der Waals surface area contributed by atoms with Crippen LogP contribution in [0.2, 0.25) is 5.02 Å². The fourth-order valence-electron chi connectivity index (χ4n) is 2.62. The molecule has 4 rings (SSSR count). The second kappa shape index (κ2) is 9.71. The fourth-order valence-corrected chi connectivity index (χ4v) is 2.75. The van der Waals surface area contributed by atoms with E-state index in [0.717, 1.165) is 21.9 Å². The maximum atomic E-state index is 11.7. The van der Waals surface area contributed by atoms with Crippen molar-refractivity contribution in [1.29, 1.82) is 0 Å². The van der Waals surface area contributed by atoms with Crippen molar-refractivity contribution in [3.05, 3.63) is 78.1 Å². The topological polar surface area (TPSA) is 92.2 Å². The number of nitrogens with zero attached hydrogens (tertiary/aromatic N) is 2. The van der Waals surface area contributed by atoms with Gasteiger partial charge in [-0.3, -0.25) is 9.90 Å². The summed E-state index contributed by atoms with van der Waals surface area (Å²) in [5.74, 6) is -0.160. The molecule has 0 spiro atoms. The van der Waals surface area contributed by atoms with Gasteiger partial charge in [0, 0.05) is 29.4 Å². The zero-order valence-corrected chi connectivity index (χ0v) is 16.8. The smallest absolute Gasteiger partial charge is 0.321 e. The van der Waals surface area contributed by atoms with Gasteiger partial charge in [-0.1, -0.05) is 42.8 Å². The highest BCUT2D eigenvalue weighted by Crippen LogP contribution is 2.31. The first-order chi connectivity index (χ1) is 14.5. The van der Waals surface area contributed by atoms with E-state index in [0.29, 0.717) is 10.8 Å². The lowest BCUT2D eigenvalue weighted by atomic mass is 10.0. The highest BCUT2D eigenvalue weighted by Gasteiger charge is 2.07. The van der Waals surface area contributed by atoms with Crippen LogP contribution in [0.3, 0.4) is 0 Å². The molecule has 3 aromatic carbocycles. The Balaban J connectivity index is 0.000000461. The number of carboxylic acids is 1. The number of halogens is 1. The van der Waals surface area contributed by atoms with Gasteiger partial charge in [0.15, 0.2) is 5.75 Å². The van der Waals surface area contributed by atoms with Crippen LogP contribution in [0.5, 0.6) is 17.5 Å². The molecule has 0 aliphatic carbocycles. The van der Waals surface area contributed by atoms with Crippen molar-refractivity contribution in [3.63, 3.8) is 0 Å². The maximum Gasteiger partial charge on any atom is 0.321 e. The zero-order chi connectivity index (χ0) is 21.5. The van der Waals surface area contributed by atoms with E-state index in [1.54, 1.807) is 55.7 Å². The number of rotatable bonds is 4. The maximum absolute atomic E-state index is 11.7. The molecular weight excluding hydrogens is 404 g/mol. The molecule has 0 aliphatic heterocycles. The minimum absolute atomic E-state index is 0.0245. The summed E-state index contributed by atoms with van der Waals surface area (Å²) in [4.78, 5) is 17.9. The van der Waals surface area contributed by atoms with E-state index in [2.05, 4.69) is 9.97 Å². The standard InChI is InChI=1S/C20H12ClN2O2.C3H6O2/c21-15-5-8-17(9-6-15)25-20-22-11-14(12-23-20)18-3-1-2-13-4-7-16(24)10-19(13)18;1-2-3(4)5/h1-12H;2H2,1H3,(H,4,5). The first-order valence-electron chi connectivity index (χ1n) is 9.13. The van der Waals surface area contributed by atoms with Crippen LogP contribution in [0.4, 0.5) is 0 Å². The lowest BCUT2D eigenvalue weighted by molar-refractivity contribution is -0.136. The highest BCUT2D eigenvalue weighted by atomic mass is 35.5. The molecule has 0 amide bonds. The summed E-state index contributed by atoms with van der Waals surface area (Å²) < 4.78 is 5.60. The molecule has 0 saturated carbocycles. The molecule has 0 aliphatic rings. The summed E-state index contributed by atoms with van der Waals surface area (Å²) in [7, 11) is 0. The van der Waals surface area contributed by atoms with Gasteiger partial charge in [-0.05, 0) is 52.7 Å². The second-order valence-corrected chi connectivity index (χ2v) is 6.68. The molecule has 7 heteroatoms. The van der Waals surface area contributed by atoms with E-state index in [-0.39, 0.29) is 18.2 Å². The normalized spacial score (nSPS) is 10.2. The van der Waals surface area contributed by atoms with Crippen molar-refractivity contribution in [3.8, 4) is 28.6 Å². The van der Waals surface area contributed by atoms with E-state index in [4.69, 9.17) is 21.4 Å². The van der Waals surface area contributed by atoms with Crippen molar-refractivity contribution in [1.82, 2.24) is 9.97 Å². The van der Waals surface area contributed by atoms with Gasteiger partial charge < -0.3 is 9.84 Å². The zero-order valence-electron chi connectivity index (χ0n) is 16.1. The Kier molecular flexibility index (Phi) is 6.83. The number of aliphatic carboxylic acids is 1. The van der Waals surface area contributed by atoms with Crippen molar-refractivity contribution in [2.45, 2.75) is 13.3 Å². The van der Waals surface area contributed by atoms with Gasteiger partial charge in [0.05, 0.1) is 0 Å². The van der Waals surface area contributed by atoms with Crippen LogP contribution >= 0.6 is 11.6 Å². The molecule has 0 bridgehead atoms. The Morgan fingerprint density at radius 3 is 2.33 bits per heavy atom. The fraction of sp³-hybridized carbons (Fsp3) is 0.0870. The highest BCUT2D eigenvalue weighted by molar-refractivity contribution is 6.30. The van der Waals surface area contributed by atoms with Gasteiger partial charge in [0.1, 0.15) is 5.75 Å². The van der Waals surface area contributed by atoms with E-state index in [9.17, 15) is 9.90 Å². The minimum Gasteiger partial charge on any atom is -0.481 e. The lowest BCUT2D eigenvalue weighted by Gasteiger charge is -2.08. The Morgan fingerprint density at radius 1 is 1.03 bits per heavy atom. The van der Waals surface area contributed by atoms with Crippen LogP contribution in [-0.4, -0.2) is 21.0 Å². The third kappa shape index (κ3) is 5.46. The second-order valence-electron chi connectivity index (χ2n) is 6.25. The summed E-state index contributed by atoms with van der Waals surface area (Å²) >= 11 is 5.85. The Morgan fingerprint density at radius 2 is 1.70 bits per heavy atom. The van der Waals surface area contributed by atoms with Gasteiger partial charge in [0.2, 0.25) is 0 Å². The Labute approximate surface area is 178 Å². The first-order valence-corrected chi connectivity index (χ1v) is 9.51. The van der Waals surface area contributed by atoms with Crippen LogP contribution in [0.25, 0.3) is 21.9 Å². The first kappa shape index (κ1) is 21.1. The third-order valence-electron chi connectivity index (χ3n) is 4.12. The molecule has 0 atom stereocenters. The van der Waals surface area contributed by atoms with Crippen LogP contribution in [0.15, 0.2) is 73.1 Å². The quantitative estimate of drug-likeness (QED) is 0.413. The van der Waals surface area contributed by atoms with Gasteiger partial charge in [-0.25, -0.2) is 9.97 Å². The van der Waals surface area contributed by atoms with E-state index >= 15 is 0 Å². The van der Waals surface area contributed by atoms with Crippen molar-refractivity contribution in [2.24, 2.45) is 0 Å². The van der Waals surface area contributed by atoms with E-state index in [1.807, 2.05) is 24.3 Å². The number of aromatic nitrogens is 2. The molecule has 30 heavy (non-hydrogen) atoms. The molecular formula is C23H18ClN2O4. The molecule has 151 valence electrons. The molecule has 1 heterocycles. The van der Waals surface area contributed by atoms with Crippen LogP contribution < -0.4 is 4.74 Å². The third-order valence-corrected chi connectivity index (χ3v) is 4.37. The number of hydrogen-bond donors (Lipinski definition) is 1. The van der Waals surface area contributed by atoms with Crippen molar-refractivity contribution < 1.29 is 19.7 Å². The largest absolute Gasteiger partial charge is 0.481 e. The minimum atomic E-state index is -0.745. The van der Waals surface area contributed by atoms with Gasteiger partial charge in [-0.15, -0.1) is 0 Å². The van der Waals surface area contributed by atoms with Gasteiger partial charge in [0.25, 0.3) is 0 Å². The summed E-state index contributed by atoms with van der Waals surface area (Å²) in [5, 5.41) is 21.9. The molecule has 0 saturated heterocycles. The Bertz CT molecular complexity index is 1150. The summed E-state index contributed by atoms with van der Waals surface area (Å²) in [6.45, 7) is 1.60. The number of carboxylic acid groups (broad SMARTS) is 1. The molecule has 4 aromatic rings. The monoisotopic (exact) mass is 421 g/mol. The van der Waals surface area contributed by atoms with E-state index in [1.165, 1.54) is 0 Å². The van der Waals surface area contributed by atoms with Crippen LogP contribution in [0, 0.1) is 0 Å². The summed E-state index contributed by atoms with van der Waals surface area (Å²) in [6, 6.07) is 18.1. The molecule has 0 fully saturated rings. The number of fused-ring (bicyclic) bond motifs is 1. The Hall–Kier alpha value is -3.64. The predicted octanol–water partition coefficient (Wildman–Crippen LogP) is 6.37. The number of ether oxygens (including phenoxy) is 1. The number of benzene rings is 3. The van der Waals surface area contributed by atoms with E-state index < -0.39 is 5.97 Å². The number of hydrogen-bond acceptors (Lipinski definition) is 4. The van der Waals surface area contributed by atoms with Gasteiger partial charge >= 0.3 is 12.0 Å². The SMILES string of the molecule is CCC(=O)O.[O]c1ccc2cccc(-c3cnc(Oc4ccc(Cl)cc4)nc3)c2c1. The molecule has 1 radical (unpaired) electrons. The summed E-state index contributed by atoms with van der Waals surface area (Å²) in [5.41, 5.74) is 1.73. The average Bonchev–Trinajstić information content (AvgIpc) is 2.76. The predicted molar refractivity (Wildman–Crippen MR) is 115 cm³/mol. The van der Waals surface area contributed by atoms with Crippen molar-refractivity contribution in [2.75, 3.05) is 0 Å². The molecule has 0 unspecified atom stereocenters.